The normalized spacial score (nSPS) is 7.35. The van der Waals surface area contributed by atoms with E-state index in [1.807, 2.05) is 30.3 Å². The summed E-state index contributed by atoms with van der Waals surface area (Å²) in [5.74, 6) is -0.307. The van der Waals surface area contributed by atoms with E-state index in [4.69, 9.17) is 10.5 Å². The Kier molecular flexibility index (Phi) is 26.0. The molecule has 0 aromatic heterocycles. The Bertz CT molecular complexity index is 272. The van der Waals surface area contributed by atoms with E-state index in [0.717, 1.165) is 5.56 Å². The smallest absolute Gasteiger partial charge is 0.304 e. The molecule has 0 atom stereocenters. The minimum atomic E-state index is -0.307. The zero-order valence-corrected chi connectivity index (χ0v) is 15.2. The van der Waals surface area contributed by atoms with Crippen LogP contribution in [0.5, 0.6) is 0 Å². The molecule has 0 heterocycles. The summed E-state index contributed by atoms with van der Waals surface area (Å²) < 4.78 is 4.91. The van der Waals surface area contributed by atoms with Crippen LogP contribution >= 0.6 is 0 Å². The van der Waals surface area contributed by atoms with E-state index in [0.29, 0.717) is 6.61 Å². The second-order valence-electron chi connectivity index (χ2n) is 2.65. The zero-order chi connectivity index (χ0) is 9.52. The molecule has 0 saturated heterocycles. The van der Waals surface area contributed by atoms with Crippen molar-refractivity contribution in [2.24, 2.45) is 0 Å². The van der Waals surface area contributed by atoms with Crippen molar-refractivity contribution in [2.75, 3.05) is 6.54 Å². The maximum atomic E-state index is 10.9. The maximum absolute atomic E-state index is 10.9. The fourth-order valence-electron chi connectivity index (χ4n) is 0.912. The van der Waals surface area contributed by atoms with Gasteiger partial charge in [0.2, 0.25) is 0 Å². The van der Waals surface area contributed by atoms with Crippen molar-refractivity contribution in [3.8, 4) is 0 Å². The fourth-order valence-corrected chi connectivity index (χ4v) is 0.912. The Morgan fingerprint density at radius 3 is 2.12 bits per heavy atom. The number of benzene rings is 1. The number of carbonyl (C=O) groups excluding carboxylic acids is 1. The molecule has 0 spiro atoms. The van der Waals surface area contributed by atoms with Gasteiger partial charge in [-0.05, 0) is 5.56 Å². The molecule has 0 saturated carbocycles. The summed E-state index contributed by atoms with van der Waals surface area (Å²) in [6.07, 6.45) is 0.173. The quantitative estimate of drug-likeness (QED) is 0.696. The number of esters is 1. The molecule has 0 bridgehead atoms. The molecule has 0 amide bonds. The SMILES string of the molecule is O.O.[NH-]CCC(=O)OCc1ccccc1.[Y].[Y]. The van der Waals surface area contributed by atoms with Gasteiger partial charge < -0.3 is 21.4 Å². The molecule has 1 rings (SSSR count). The molecular weight excluding hydrogens is 376 g/mol. The van der Waals surface area contributed by atoms with Gasteiger partial charge in [0.25, 0.3) is 0 Å². The summed E-state index contributed by atoms with van der Waals surface area (Å²) in [6, 6.07) is 9.50. The molecule has 0 aliphatic rings. The molecule has 2 radical (unpaired) electrons. The van der Waals surface area contributed by atoms with Crippen LogP contribution in [0.25, 0.3) is 5.73 Å². The Morgan fingerprint density at radius 2 is 1.65 bits per heavy atom. The first kappa shape index (κ1) is 26.4. The van der Waals surface area contributed by atoms with E-state index in [2.05, 4.69) is 0 Å². The van der Waals surface area contributed by atoms with Crippen LogP contribution in [-0.2, 0) is 81.6 Å². The summed E-state index contributed by atoms with van der Waals surface area (Å²) in [4.78, 5) is 10.9. The summed E-state index contributed by atoms with van der Waals surface area (Å²) in [5.41, 5.74) is 7.79. The predicted molar refractivity (Wildman–Crippen MR) is 57.3 cm³/mol. The number of rotatable bonds is 4. The molecule has 0 aliphatic heterocycles. The van der Waals surface area contributed by atoms with Crippen LogP contribution in [0, 0.1) is 0 Å². The van der Waals surface area contributed by atoms with Crippen molar-refractivity contribution < 1.29 is 85.9 Å². The fraction of sp³-hybridized carbons (Fsp3) is 0.300. The van der Waals surface area contributed by atoms with E-state index in [1.165, 1.54) is 0 Å². The molecule has 7 heteroatoms. The Balaban J connectivity index is -0.000000211. The van der Waals surface area contributed by atoms with Gasteiger partial charge in [-0.2, -0.15) is 0 Å². The monoisotopic (exact) mass is 392 g/mol. The molecule has 92 valence electrons. The molecule has 17 heavy (non-hydrogen) atoms. The molecule has 0 aliphatic carbocycles. The van der Waals surface area contributed by atoms with Gasteiger partial charge in [-0.15, -0.1) is 6.54 Å². The van der Waals surface area contributed by atoms with Gasteiger partial charge in [0.15, 0.2) is 0 Å². The average Bonchev–Trinajstić information content (AvgIpc) is 2.17. The standard InChI is InChI=1S/C10H12NO2.2H2O.2Y/c11-7-6-10(12)13-8-9-4-2-1-3-5-9;;;;/h1-5,11H,6-8H2;2*1H2;;/q-1;;;;. The second-order valence-corrected chi connectivity index (χ2v) is 2.65. The minimum absolute atomic E-state index is 0. The molecule has 0 unspecified atom stereocenters. The summed E-state index contributed by atoms with van der Waals surface area (Å²) >= 11 is 0. The number of hydrogen-bond donors (Lipinski definition) is 0. The minimum Gasteiger partial charge on any atom is -0.677 e. The molecule has 5 N–H and O–H groups in total. The van der Waals surface area contributed by atoms with Gasteiger partial charge in [0.05, 0.1) is 0 Å². The third kappa shape index (κ3) is 13.0. The number of ether oxygens (including phenoxy) is 1. The van der Waals surface area contributed by atoms with Crippen LogP contribution < -0.4 is 0 Å². The van der Waals surface area contributed by atoms with Gasteiger partial charge in [-0.1, -0.05) is 30.3 Å². The Labute approximate surface area is 151 Å². The first-order chi connectivity index (χ1) is 6.33. The van der Waals surface area contributed by atoms with Crippen LogP contribution in [0.15, 0.2) is 30.3 Å². The predicted octanol–water partition coefficient (Wildman–Crippen LogP) is 0.518. The van der Waals surface area contributed by atoms with E-state index in [9.17, 15) is 4.79 Å². The van der Waals surface area contributed by atoms with E-state index < -0.39 is 0 Å². The van der Waals surface area contributed by atoms with Gasteiger partial charge in [0, 0.05) is 71.8 Å². The number of hydrogen-bond acceptors (Lipinski definition) is 2. The Morgan fingerprint density at radius 1 is 1.12 bits per heavy atom. The van der Waals surface area contributed by atoms with E-state index in [1.54, 1.807) is 0 Å². The second kappa shape index (κ2) is 16.8. The topological polar surface area (TPSA) is 113 Å². The van der Waals surface area contributed by atoms with Crippen LogP contribution in [0.2, 0.25) is 0 Å². The summed E-state index contributed by atoms with van der Waals surface area (Å²) in [6.45, 7) is 0.396. The Hall–Kier alpha value is 0.778. The zero-order valence-electron chi connectivity index (χ0n) is 9.48. The third-order valence-corrected chi connectivity index (χ3v) is 1.57. The summed E-state index contributed by atoms with van der Waals surface area (Å²) in [7, 11) is 0. The average molecular weight is 392 g/mol. The van der Waals surface area contributed by atoms with Gasteiger partial charge in [-0.3, -0.25) is 4.79 Å². The van der Waals surface area contributed by atoms with Crippen molar-refractivity contribution in [1.29, 1.82) is 0 Å². The van der Waals surface area contributed by atoms with Crippen molar-refractivity contribution in [3.63, 3.8) is 0 Å². The number of carbonyl (C=O) groups is 1. The van der Waals surface area contributed by atoms with Crippen molar-refractivity contribution in [2.45, 2.75) is 13.0 Å². The number of nitrogens with one attached hydrogen (secondary N) is 1. The van der Waals surface area contributed by atoms with Crippen LogP contribution in [0.3, 0.4) is 0 Å². The van der Waals surface area contributed by atoms with Crippen molar-refractivity contribution in [1.82, 2.24) is 0 Å². The van der Waals surface area contributed by atoms with Gasteiger partial charge in [0.1, 0.15) is 6.61 Å². The van der Waals surface area contributed by atoms with Crippen LogP contribution in [-0.4, -0.2) is 23.5 Å². The van der Waals surface area contributed by atoms with Crippen molar-refractivity contribution >= 4 is 5.97 Å². The molecule has 1 aromatic rings. The van der Waals surface area contributed by atoms with Crippen LogP contribution in [0.1, 0.15) is 12.0 Å². The van der Waals surface area contributed by atoms with Crippen LogP contribution in [0.4, 0.5) is 0 Å². The molecule has 1 aromatic carbocycles. The molecule has 5 nitrogen and oxygen atoms in total. The van der Waals surface area contributed by atoms with Crippen molar-refractivity contribution in [3.05, 3.63) is 41.6 Å². The van der Waals surface area contributed by atoms with E-state index >= 15 is 0 Å². The first-order valence-corrected chi connectivity index (χ1v) is 4.17. The molecular formula is C10H16NO4Y2-. The van der Waals surface area contributed by atoms with Gasteiger partial charge >= 0.3 is 5.97 Å². The first-order valence-electron chi connectivity index (χ1n) is 4.17. The van der Waals surface area contributed by atoms with E-state index in [-0.39, 0.29) is 95.3 Å². The summed E-state index contributed by atoms with van der Waals surface area (Å²) in [5, 5.41) is 0. The molecule has 0 fully saturated rings. The largest absolute Gasteiger partial charge is 0.677 e. The van der Waals surface area contributed by atoms with Gasteiger partial charge in [-0.25, -0.2) is 0 Å². The third-order valence-electron chi connectivity index (χ3n) is 1.57. The maximum Gasteiger partial charge on any atom is 0.304 e.